The Kier molecular flexibility index (Phi) is 5.60. The predicted octanol–water partition coefficient (Wildman–Crippen LogP) is 2.34. The highest BCUT2D eigenvalue weighted by atomic mass is 32.1. The Balaban J connectivity index is 1.64. The van der Waals surface area contributed by atoms with Crippen LogP contribution in [0.25, 0.3) is 0 Å². The van der Waals surface area contributed by atoms with Crippen molar-refractivity contribution >= 4 is 23.2 Å². The third-order valence-electron chi connectivity index (χ3n) is 3.84. The van der Waals surface area contributed by atoms with Crippen molar-refractivity contribution in [1.29, 1.82) is 0 Å². The Morgan fingerprint density at radius 2 is 2.32 bits per heavy atom. The van der Waals surface area contributed by atoms with E-state index in [1.54, 1.807) is 30.3 Å². The number of pyridine rings is 1. The molecule has 8 heteroatoms. The van der Waals surface area contributed by atoms with Crippen LogP contribution in [0.2, 0.25) is 0 Å². The molecule has 1 saturated heterocycles. The number of hydrogen-bond donors (Lipinski definition) is 0. The van der Waals surface area contributed by atoms with Gasteiger partial charge in [-0.15, -0.1) is 11.3 Å². The van der Waals surface area contributed by atoms with Crippen molar-refractivity contribution in [2.45, 2.75) is 32.4 Å². The summed E-state index contributed by atoms with van der Waals surface area (Å²) in [5.74, 6) is -0.712. The van der Waals surface area contributed by atoms with Gasteiger partial charge in [-0.25, -0.2) is 9.78 Å². The summed E-state index contributed by atoms with van der Waals surface area (Å²) >= 11 is 1.48. The first-order chi connectivity index (χ1) is 12.2. The standard InChI is InChI=1S/C17H19N3O4S/c1-2-23-17(22)16(21)20-8-4-6-14(20)15-19-12(11-25-15)10-24-13-5-3-7-18-9-13/h3,5,7,9,11,14H,2,4,6,8,10H2,1H3/t14-/m0/s1. The molecule has 3 heterocycles. The van der Waals surface area contributed by atoms with Crippen LogP contribution in [0.15, 0.2) is 29.9 Å². The molecule has 0 spiro atoms. The van der Waals surface area contributed by atoms with Crippen molar-refractivity contribution < 1.29 is 19.1 Å². The summed E-state index contributed by atoms with van der Waals surface area (Å²) in [7, 11) is 0. The van der Waals surface area contributed by atoms with E-state index >= 15 is 0 Å². The molecule has 0 N–H and O–H groups in total. The van der Waals surface area contributed by atoms with Crippen LogP contribution in [0.4, 0.5) is 0 Å². The quantitative estimate of drug-likeness (QED) is 0.601. The molecule has 2 aromatic rings. The van der Waals surface area contributed by atoms with Gasteiger partial charge in [0.2, 0.25) is 0 Å². The second kappa shape index (κ2) is 8.06. The van der Waals surface area contributed by atoms with E-state index in [9.17, 15) is 9.59 Å². The summed E-state index contributed by atoms with van der Waals surface area (Å²) in [4.78, 5) is 34.1. The van der Waals surface area contributed by atoms with Crippen molar-refractivity contribution in [1.82, 2.24) is 14.9 Å². The lowest BCUT2D eigenvalue weighted by atomic mass is 10.2. The first-order valence-electron chi connectivity index (χ1n) is 8.14. The van der Waals surface area contributed by atoms with Gasteiger partial charge in [-0.3, -0.25) is 9.78 Å². The lowest BCUT2D eigenvalue weighted by Gasteiger charge is -2.21. The van der Waals surface area contributed by atoms with E-state index in [0.29, 0.717) is 18.9 Å². The molecule has 1 amide bonds. The van der Waals surface area contributed by atoms with E-state index in [2.05, 4.69) is 9.97 Å². The summed E-state index contributed by atoms with van der Waals surface area (Å²) < 4.78 is 10.5. The van der Waals surface area contributed by atoms with Crippen LogP contribution in [0.1, 0.15) is 36.5 Å². The number of aromatic nitrogens is 2. The zero-order chi connectivity index (χ0) is 17.6. The van der Waals surface area contributed by atoms with Gasteiger partial charge in [0.1, 0.15) is 17.4 Å². The van der Waals surface area contributed by atoms with Gasteiger partial charge in [0, 0.05) is 18.1 Å². The number of carbonyl (C=O) groups is 2. The monoisotopic (exact) mass is 361 g/mol. The maximum Gasteiger partial charge on any atom is 0.397 e. The van der Waals surface area contributed by atoms with Crippen LogP contribution in [-0.4, -0.2) is 39.9 Å². The number of thiazole rings is 1. The molecule has 1 aliphatic rings. The largest absolute Gasteiger partial charge is 0.486 e. The molecule has 1 aliphatic heterocycles. The number of rotatable bonds is 5. The van der Waals surface area contributed by atoms with E-state index in [1.165, 1.54) is 11.3 Å². The number of nitrogens with zero attached hydrogens (tertiary/aromatic N) is 3. The molecular weight excluding hydrogens is 342 g/mol. The molecule has 3 rings (SSSR count). The molecule has 1 atom stereocenters. The summed E-state index contributed by atoms with van der Waals surface area (Å²) in [5, 5.41) is 2.73. The molecule has 0 saturated carbocycles. The predicted molar refractivity (Wildman–Crippen MR) is 91.0 cm³/mol. The Labute approximate surface area is 149 Å². The lowest BCUT2D eigenvalue weighted by molar-refractivity contribution is -0.160. The number of ether oxygens (including phenoxy) is 2. The van der Waals surface area contributed by atoms with Crippen molar-refractivity contribution in [3.8, 4) is 5.75 Å². The summed E-state index contributed by atoms with van der Waals surface area (Å²) in [6, 6.07) is 3.46. The van der Waals surface area contributed by atoms with Gasteiger partial charge in [0.15, 0.2) is 0 Å². The molecule has 0 aliphatic carbocycles. The van der Waals surface area contributed by atoms with Gasteiger partial charge < -0.3 is 14.4 Å². The third kappa shape index (κ3) is 4.14. The van der Waals surface area contributed by atoms with Gasteiger partial charge >= 0.3 is 11.9 Å². The van der Waals surface area contributed by atoms with Crippen LogP contribution < -0.4 is 4.74 Å². The van der Waals surface area contributed by atoms with Crippen LogP contribution in [0.3, 0.4) is 0 Å². The molecule has 1 fully saturated rings. The normalized spacial score (nSPS) is 16.7. The minimum absolute atomic E-state index is 0.172. The Morgan fingerprint density at radius 3 is 3.08 bits per heavy atom. The van der Waals surface area contributed by atoms with Crippen molar-refractivity contribution in [3.63, 3.8) is 0 Å². The third-order valence-corrected chi connectivity index (χ3v) is 4.83. The maximum absolute atomic E-state index is 12.2. The number of esters is 1. The molecule has 0 bridgehead atoms. The minimum atomic E-state index is -0.800. The zero-order valence-corrected chi connectivity index (χ0v) is 14.7. The van der Waals surface area contributed by atoms with Crippen molar-refractivity contribution in [3.05, 3.63) is 40.6 Å². The fourth-order valence-electron chi connectivity index (χ4n) is 2.71. The molecule has 0 aromatic carbocycles. The minimum Gasteiger partial charge on any atom is -0.486 e. The molecule has 2 aromatic heterocycles. The smallest absolute Gasteiger partial charge is 0.397 e. The Bertz CT molecular complexity index is 735. The number of likely N-dealkylation sites (tertiary alicyclic amines) is 1. The van der Waals surface area contributed by atoms with E-state index in [4.69, 9.17) is 9.47 Å². The molecular formula is C17H19N3O4S. The fraction of sp³-hybridized carbons (Fsp3) is 0.412. The lowest BCUT2D eigenvalue weighted by Crippen LogP contribution is -2.37. The summed E-state index contributed by atoms with van der Waals surface area (Å²) in [6.45, 7) is 2.75. The number of amides is 1. The van der Waals surface area contributed by atoms with Crippen LogP contribution in [0, 0.1) is 0 Å². The maximum atomic E-state index is 12.2. The second-order valence-electron chi connectivity index (χ2n) is 5.53. The first kappa shape index (κ1) is 17.3. The van der Waals surface area contributed by atoms with Crippen LogP contribution in [0.5, 0.6) is 5.75 Å². The average Bonchev–Trinajstić information content (AvgIpc) is 3.29. The van der Waals surface area contributed by atoms with Gasteiger partial charge in [-0.05, 0) is 31.9 Å². The second-order valence-corrected chi connectivity index (χ2v) is 6.42. The van der Waals surface area contributed by atoms with Gasteiger partial charge in [-0.1, -0.05) is 0 Å². The Morgan fingerprint density at radius 1 is 1.44 bits per heavy atom. The number of carbonyl (C=O) groups excluding carboxylic acids is 2. The van der Waals surface area contributed by atoms with Gasteiger partial charge in [-0.2, -0.15) is 0 Å². The fourth-order valence-corrected chi connectivity index (χ4v) is 3.66. The molecule has 7 nitrogen and oxygen atoms in total. The van der Waals surface area contributed by atoms with Gasteiger partial charge in [0.05, 0.1) is 24.5 Å². The van der Waals surface area contributed by atoms with E-state index < -0.39 is 11.9 Å². The summed E-state index contributed by atoms with van der Waals surface area (Å²) in [6.07, 6.45) is 4.96. The highest BCUT2D eigenvalue weighted by Gasteiger charge is 2.35. The molecule has 0 unspecified atom stereocenters. The topological polar surface area (TPSA) is 81.6 Å². The zero-order valence-electron chi connectivity index (χ0n) is 13.9. The van der Waals surface area contributed by atoms with E-state index in [0.717, 1.165) is 23.5 Å². The van der Waals surface area contributed by atoms with Crippen molar-refractivity contribution in [2.75, 3.05) is 13.2 Å². The summed E-state index contributed by atoms with van der Waals surface area (Å²) in [5.41, 5.74) is 0.791. The van der Waals surface area contributed by atoms with Crippen LogP contribution >= 0.6 is 11.3 Å². The molecule has 25 heavy (non-hydrogen) atoms. The molecule has 132 valence electrons. The average molecular weight is 361 g/mol. The highest BCUT2D eigenvalue weighted by molar-refractivity contribution is 7.09. The number of hydrogen-bond acceptors (Lipinski definition) is 7. The van der Waals surface area contributed by atoms with Crippen molar-refractivity contribution in [2.24, 2.45) is 0 Å². The first-order valence-corrected chi connectivity index (χ1v) is 9.02. The van der Waals surface area contributed by atoms with E-state index in [-0.39, 0.29) is 12.6 Å². The van der Waals surface area contributed by atoms with E-state index in [1.807, 2.05) is 11.4 Å². The SMILES string of the molecule is CCOC(=O)C(=O)N1CCC[C@H]1c1nc(COc2cccnc2)cs1. The van der Waals surface area contributed by atoms with Gasteiger partial charge in [0.25, 0.3) is 0 Å². The highest BCUT2D eigenvalue weighted by Crippen LogP contribution is 2.34. The molecule has 0 radical (unpaired) electrons. The van der Waals surface area contributed by atoms with Crippen LogP contribution in [-0.2, 0) is 20.9 Å². The Hall–Kier alpha value is -2.48.